The van der Waals surface area contributed by atoms with Crippen LogP contribution in [0.4, 0.5) is 0 Å². The Morgan fingerprint density at radius 2 is 1.89 bits per heavy atom. The number of rotatable bonds is 5. The Kier molecular flexibility index (Phi) is 6.10. The standard InChI is InChI=1S/C20H20Cl2N2O4/c1-2-24-13(11-23-8-4-3-5-17(23)26)10-16(25)18(20(27)28)19(24)12-6-7-14(21)15(22)9-12/h6-7,9-10H,2-5,8,11H2,1H3,(H,27,28). The third-order valence-electron chi connectivity index (χ3n) is 4.89. The zero-order valence-corrected chi connectivity index (χ0v) is 16.9. The molecule has 2 aromatic rings. The number of carboxylic acids is 1. The monoisotopic (exact) mass is 422 g/mol. The van der Waals surface area contributed by atoms with Gasteiger partial charge in [-0.05, 0) is 31.9 Å². The first-order valence-electron chi connectivity index (χ1n) is 9.06. The molecule has 1 aliphatic rings. The highest BCUT2D eigenvalue weighted by atomic mass is 35.5. The Labute approximate surface area is 172 Å². The van der Waals surface area contributed by atoms with Crippen LogP contribution in [0.1, 0.15) is 42.2 Å². The van der Waals surface area contributed by atoms with E-state index in [1.54, 1.807) is 27.7 Å². The first-order chi connectivity index (χ1) is 13.3. The van der Waals surface area contributed by atoms with Gasteiger partial charge in [0, 0.05) is 36.8 Å². The molecule has 1 aromatic carbocycles. The molecule has 28 heavy (non-hydrogen) atoms. The molecule has 1 amide bonds. The summed E-state index contributed by atoms with van der Waals surface area (Å²) in [5.41, 5.74) is 0.415. The van der Waals surface area contributed by atoms with Gasteiger partial charge in [-0.25, -0.2) is 4.79 Å². The summed E-state index contributed by atoms with van der Waals surface area (Å²) in [6.45, 7) is 3.17. The van der Waals surface area contributed by atoms with Crippen molar-refractivity contribution in [1.29, 1.82) is 0 Å². The number of likely N-dealkylation sites (tertiary alicyclic amines) is 1. The van der Waals surface area contributed by atoms with Crippen LogP contribution >= 0.6 is 23.2 Å². The largest absolute Gasteiger partial charge is 0.477 e. The fraction of sp³-hybridized carbons (Fsp3) is 0.350. The number of carboxylic acid groups (broad SMARTS) is 1. The van der Waals surface area contributed by atoms with Crippen molar-refractivity contribution in [3.63, 3.8) is 0 Å². The molecule has 0 spiro atoms. The normalized spacial score (nSPS) is 14.4. The molecular formula is C20H20Cl2N2O4. The van der Waals surface area contributed by atoms with Crippen LogP contribution in [0.2, 0.25) is 10.0 Å². The molecule has 8 heteroatoms. The van der Waals surface area contributed by atoms with Crippen LogP contribution in [0.15, 0.2) is 29.1 Å². The number of halogens is 2. The van der Waals surface area contributed by atoms with E-state index in [1.165, 1.54) is 6.07 Å². The van der Waals surface area contributed by atoms with E-state index in [9.17, 15) is 19.5 Å². The molecule has 0 atom stereocenters. The third kappa shape index (κ3) is 3.93. The van der Waals surface area contributed by atoms with Gasteiger partial charge in [0.1, 0.15) is 5.56 Å². The number of piperidine rings is 1. The minimum absolute atomic E-state index is 0.0414. The van der Waals surface area contributed by atoms with Crippen LogP contribution in [0.5, 0.6) is 0 Å². The van der Waals surface area contributed by atoms with Gasteiger partial charge in [0.2, 0.25) is 5.91 Å². The van der Waals surface area contributed by atoms with Gasteiger partial charge in [0.15, 0.2) is 5.43 Å². The highest BCUT2D eigenvalue weighted by Gasteiger charge is 2.25. The van der Waals surface area contributed by atoms with E-state index in [2.05, 4.69) is 0 Å². The number of nitrogens with zero attached hydrogens (tertiary/aromatic N) is 2. The van der Waals surface area contributed by atoms with Crippen molar-refractivity contribution in [3.8, 4) is 11.3 Å². The molecule has 148 valence electrons. The van der Waals surface area contributed by atoms with E-state index in [4.69, 9.17) is 23.2 Å². The molecule has 1 aliphatic heterocycles. The first kappa shape index (κ1) is 20.4. The van der Waals surface area contributed by atoms with Crippen molar-refractivity contribution in [3.05, 3.63) is 55.8 Å². The lowest BCUT2D eigenvalue weighted by molar-refractivity contribution is -0.133. The number of aromatic nitrogens is 1. The summed E-state index contributed by atoms with van der Waals surface area (Å²) < 4.78 is 1.76. The average Bonchev–Trinajstić information content (AvgIpc) is 2.65. The summed E-state index contributed by atoms with van der Waals surface area (Å²) >= 11 is 12.1. The summed E-state index contributed by atoms with van der Waals surface area (Å²) in [7, 11) is 0. The lowest BCUT2D eigenvalue weighted by atomic mass is 10.0. The Hall–Kier alpha value is -2.31. The summed E-state index contributed by atoms with van der Waals surface area (Å²) in [6.07, 6.45) is 2.26. The molecule has 0 bridgehead atoms. The predicted molar refractivity (Wildman–Crippen MR) is 108 cm³/mol. The molecule has 0 unspecified atom stereocenters. The minimum Gasteiger partial charge on any atom is -0.477 e. The van der Waals surface area contributed by atoms with Crippen LogP contribution < -0.4 is 5.43 Å². The van der Waals surface area contributed by atoms with Crippen molar-refractivity contribution < 1.29 is 14.7 Å². The summed E-state index contributed by atoms with van der Waals surface area (Å²) in [4.78, 5) is 38.4. The molecule has 0 radical (unpaired) electrons. The van der Waals surface area contributed by atoms with E-state index < -0.39 is 11.4 Å². The Balaban J connectivity index is 2.21. The summed E-state index contributed by atoms with van der Waals surface area (Å²) in [5.74, 6) is -1.27. The molecule has 3 rings (SSSR count). The molecule has 0 aliphatic carbocycles. The van der Waals surface area contributed by atoms with Crippen molar-refractivity contribution in [2.45, 2.75) is 39.3 Å². The Morgan fingerprint density at radius 3 is 2.50 bits per heavy atom. The van der Waals surface area contributed by atoms with Crippen molar-refractivity contribution in [1.82, 2.24) is 9.47 Å². The van der Waals surface area contributed by atoms with Crippen molar-refractivity contribution >= 4 is 35.1 Å². The zero-order chi connectivity index (χ0) is 20.4. The van der Waals surface area contributed by atoms with Crippen molar-refractivity contribution in [2.24, 2.45) is 0 Å². The molecule has 1 aromatic heterocycles. The van der Waals surface area contributed by atoms with E-state index >= 15 is 0 Å². The maximum absolute atomic E-state index is 12.7. The van der Waals surface area contributed by atoms with Gasteiger partial charge in [-0.2, -0.15) is 0 Å². The predicted octanol–water partition coefficient (Wildman–Crippen LogP) is 4.05. The third-order valence-corrected chi connectivity index (χ3v) is 5.63. The maximum Gasteiger partial charge on any atom is 0.341 e. The van der Waals surface area contributed by atoms with Gasteiger partial charge in [-0.3, -0.25) is 9.59 Å². The van der Waals surface area contributed by atoms with Gasteiger partial charge in [-0.15, -0.1) is 0 Å². The molecular weight excluding hydrogens is 403 g/mol. The quantitative estimate of drug-likeness (QED) is 0.787. The fourth-order valence-corrected chi connectivity index (χ4v) is 3.86. The molecule has 1 saturated heterocycles. The number of aromatic carboxylic acids is 1. The van der Waals surface area contributed by atoms with Gasteiger partial charge >= 0.3 is 5.97 Å². The fourth-order valence-electron chi connectivity index (χ4n) is 3.56. The Bertz CT molecular complexity index is 1000. The van der Waals surface area contributed by atoms with Gasteiger partial charge in [0.05, 0.1) is 22.3 Å². The van der Waals surface area contributed by atoms with Gasteiger partial charge in [-0.1, -0.05) is 29.3 Å². The molecule has 6 nitrogen and oxygen atoms in total. The molecule has 2 heterocycles. The number of hydrogen-bond donors (Lipinski definition) is 1. The zero-order valence-electron chi connectivity index (χ0n) is 15.4. The van der Waals surface area contributed by atoms with Gasteiger partial charge in [0.25, 0.3) is 0 Å². The van der Waals surface area contributed by atoms with Crippen LogP contribution in [0.25, 0.3) is 11.3 Å². The number of hydrogen-bond acceptors (Lipinski definition) is 3. The second-order valence-electron chi connectivity index (χ2n) is 6.67. The van der Waals surface area contributed by atoms with Gasteiger partial charge < -0.3 is 14.6 Å². The van der Waals surface area contributed by atoms with Crippen molar-refractivity contribution in [2.75, 3.05) is 6.54 Å². The van der Waals surface area contributed by atoms with E-state index in [-0.39, 0.29) is 28.7 Å². The number of pyridine rings is 1. The van der Waals surface area contributed by atoms with Crippen LogP contribution in [-0.4, -0.2) is 33.0 Å². The Morgan fingerprint density at radius 1 is 1.14 bits per heavy atom. The number of carbonyl (C=O) groups is 2. The number of benzene rings is 1. The number of amides is 1. The average molecular weight is 423 g/mol. The summed E-state index contributed by atoms with van der Waals surface area (Å²) in [6, 6.07) is 6.07. The van der Waals surface area contributed by atoms with E-state index in [0.29, 0.717) is 35.8 Å². The maximum atomic E-state index is 12.7. The smallest absolute Gasteiger partial charge is 0.341 e. The van der Waals surface area contributed by atoms with Crippen LogP contribution in [0.3, 0.4) is 0 Å². The molecule has 1 fully saturated rings. The summed E-state index contributed by atoms with van der Waals surface area (Å²) in [5, 5.41) is 10.3. The number of carbonyl (C=O) groups excluding carboxylic acids is 1. The molecule has 0 saturated carbocycles. The topological polar surface area (TPSA) is 79.6 Å². The SMILES string of the molecule is CCn1c(CN2CCCCC2=O)cc(=O)c(C(=O)O)c1-c1ccc(Cl)c(Cl)c1. The lowest BCUT2D eigenvalue weighted by Gasteiger charge is -2.29. The second-order valence-corrected chi connectivity index (χ2v) is 7.49. The molecule has 1 N–H and O–H groups in total. The van der Waals surface area contributed by atoms with E-state index in [0.717, 1.165) is 12.8 Å². The minimum atomic E-state index is -1.31. The van der Waals surface area contributed by atoms with Crippen LogP contribution in [-0.2, 0) is 17.9 Å². The second kappa shape index (κ2) is 8.37. The highest BCUT2D eigenvalue weighted by molar-refractivity contribution is 6.42. The lowest BCUT2D eigenvalue weighted by Crippen LogP contribution is -2.36. The highest BCUT2D eigenvalue weighted by Crippen LogP contribution is 2.31. The first-order valence-corrected chi connectivity index (χ1v) is 9.82. The van der Waals surface area contributed by atoms with E-state index in [1.807, 2.05) is 6.92 Å². The van der Waals surface area contributed by atoms with Crippen LogP contribution in [0, 0.1) is 0 Å².